The average Bonchev–Trinajstić information content (AvgIpc) is 3.11. The largest absolute Gasteiger partial charge is 0.339 e. The van der Waals surface area contributed by atoms with E-state index in [1.54, 1.807) is 35.8 Å². The van der Waals surface area contributed by atoms with Gasteiger partial charge < -0.3 is 4.52 Å². The van der Waals surface area contributed by atoms with Crippen LogP contribution >= 0.6 is 11.6 Å². The predicted molar refractivity (Wildman–Crippen MR) is 102 cm³/mol. The highest BCUT2D eigenvalue weighted by molar-refractivity contribution is 6.30. The molecule has 0 unspecified atom stereocenters. The lowest BCUT2D eigenvalue weighted by Crippen LogP contribution is -2.45. The zero-order valence-corrected chi connectivity index (χ0v) is 15.9. The fourth-order valence-electron chi connectivity index (χ4n) is 3.43. The molecule has 28 heavy (non-hydrogen) atoms. The number of ketones is 1. The van der Waals surface area contributed by atoms with Crippen molar-refractivity contribution in [3.8, 4) is 11.4 Å². The van der Waals surface area contributed by atoms with Crippen molar-refractivity contribution >= 4 is 17.4 Å². The van der Waals surface area contributed by atoms with Gasteiger partial charge >= 0.3 is 5.69 Å². The van der Waals surface area contributed by atoms with E-state index in [0.29, 0.717) is 35.1 Å². The van der Waals surface area contributed by atoms with Crippen LogP contribution in [-0.2, 0) is 19.5 Å². The number of hydrogen-bond donors (Lipinski definition) is 0. The molecule has 0 N–H and O–H groups in total. The number of Topliss-reactive ketones (excluding diaryl/α,β-unsaturated/α-hetero) is 1. The molecule has 0 saturated heterocycles. The number of aryl methyl sites for hydroxylation is 1. The van der Waals surface area contributed by atoms with E-state index in [-0.39, 0.29) is 23.7 Å². The van der Waals surface area contributed by atoms with Crippen molar-refractivity contribution in [3.05, 3.63) is 67.3 Å². The molecule has 9 heteroatoms. The maximum atomic E-state index is 13.1. The van der Waals surface area contributed by atoms with Crippen LogP contribution in [0, 0.1) is 6.92 Å². The standard InChI is InChI=1S/C19H17ClN4O4/c1-11-21-17(22-28-11)16-14-4-2-3-9-23(14)19(27)24(18(16)26)10-15(25)12-5-7-13(20)8-6-12/h5-8H,2-4,9-10H2,1H3. The molecule has 0 bridgehead atoms. The molecule has 144 valence electrons. The number of halogens is 1. The Balaban J connectivity index is 1.85. The maximum Gasteiger partial charge on any atom is 0.331 e. The van der Waals surface area contributed by atoms with E-state index in [1.165, 1.54) is 0 Å². The summed E-state index contributed by atoms with van der Waals surface area (Å²) < 4.78 is 7.51. The van der Waals surface area contributed by atoms with Crippen LogP contribution in [0.1, 0.15) is 34.8 Å². The molecule has 0 radical (unpaired) electrons. The number of aromatic nitrogens is 4. The van der Waals surface area contributed by atoms with Crippen molar-refractivity contribution < 1.29 is 9.32 Å². The van der Waals surface area contributed by atoms with E-state index in [1.807, 2.05) is 0 Å². The number of carbonyl (C=O) groups excluding carboxylic acids is 1. The molecule has 0 amide bonds. The first-order valence-corrected chi connectivity index (χ1v) is 9.29. The highest BCUT2D eigenvalue weighted by atomic mass is 35.5. The summed E-state index contributed by atoms with van der Waals surface area (Å²) >= 11 is 5.85. The molecule has 3 aromatic rings. The summed E-state index contributed by atoms with van der Waals surface area (Å²) in [6, 6.07) is 6.31. The number of nitrogens with zero attached hydrogens (tertiary/aromatic N) is 4. The quantitative estimate of drug-likeness (QED) is 0.622. The van der Waals surface area contributed by atoms with Gasteiger partial charge in [-0.15, -0.1) is 0 Å². The Morgan fingerprint density at radius 1 is 1.21 bits per heavy atom. The summed E-state index contributed by atoms with van der Waals surface area (Å²) in [5, 5.41) is 4.36. The molecule has 0 fully saturated rings. The average molecular weight is 401 g/mol. The fourth-order valence-corrected chi connectivity index (χ4v) is 3.56. The Morgan fingerprint density at radius 2 is 1.96 bits per heavy atom. The lowest BCUT2D eigenvalue weighted by Gasteiger charge is -2.21. The minimum atomic E-state index is -0.582. The Morgan fingerprint density at radius 3 is 2.64 bits per heavy atom. The lowest BCUT2D eigenvalue weighted by molar-refractivity contribution is 0.0968. The zero-order chi connectivity index (χ0) is 19.8. The van der Waals surface area contributed by atoms with Gasteiger partial charge in [0, 0.05) is 29.7 Å². The van der Waals surface area contributed by atoms with Crippen molar-refractivity contribution in [2.24, 2.45) is 0 Å². The van der Waals surface area contributed by atoms with Gasteiger partial charge in [0.2, 0.25) is 11.7 Å². The van der Waals surface area contributed by atoms with Crippen LogP contribution in [0.3, 0.4) is 0 Å². The van der Waals surface area contributed by atoms with Crippen molar-refractivity contribution in [3.63, 3.8) is 0 Å². The predicted octanol–water partition coefficient (Wildman–Crippen LogP) is 2.24. The van der Waals surface area contributed by atoms with Crippen LogP contribution in [-0.4, -0.2) is 25.1 Å². The third-order valence-electron chi connectivity index (χ3n) is 4.80. The summed E-state index contributed by atoms with van der Waals surface area (Å²) in [7, 11) is 0. The van der Waals surface area contributed by atoms with Crippen LogP contribution in [0.2, 0.25) is 5.02 Å². The van der Waals surface area contributed by atoms with E-state index >= 15 is 0 Å². The number of hydrogen-bond acceptors (Lipinski definition) is 6. The van der Waals surface area contributed by atoms with Crippen molar-refractivity contribution in [2.45, 2.75) is 39.3 Å². The van der Waals surface area contributed by atoms with Gasteiger partial charge in [-0.2, -0.15) is 4.98 Å². The third-order valence-corrected chi connectivity index (χ3v) is 5.05. The second-order valence-corrected chi connectivity index (χ2v) is 7.11. The first-order chi connectivity index (χ1) is 13.5. The number of fused-ring (bicyclic) bond motifs is 1. The minimum Gasteiger partial charge on any atom is -0.339 e. The number of rotatable bonds is 4. The second-order valence-electron chi connectivity index (χ2n) is 6.67. The molecule has 0 atom stereocenters. The van der Waals surface area contributed by atoms with Crippen molar-refractivity contribution in [1.29, 1.82) is 0 Å². The van der Waals surface area contributed by atoms with Crippen LogP contribution in [0.25, 0.3) is 11.4 Å². The van der Waals surface area contributed by atoms with Gasteiger partial charge in [-0.05, 0) is 43.5 Å². The number of carbonyl (C=O) groups is 1. The highest BCUT2D eigenvalue weighted by Crippen LogP contribution is 2.21. The Labute approximate surface area is 164 Å². The van der Waals surface area contributed by atoms with E-state index in [9.17, 15) is 14.4 Å². The Bertz CT molecular complexity index is 1170. The van der Waals surface area contributed by atoms with Crippen LogP contribution in [0.5, 0.6) is 0 Å². The molecule has 1 aliphatic rings. The zero-order valence-electron chi connectivity index (χ0n) is 15.1. The summed E-state index contributed by atoms with van der Waals surface area (Å²) in [4.78, 5) is 42.9. The summed E-state index contributed by atoms with van der Waals surface area (Å²) in [6.45, 7) is 1.73. The van der Waals surface area contributed by atoms with E-state index in [2.05, 4.69) is 10.1 Å². The van der Waals surface area contributed by atoms with Gasteiger partial charge in [0.25, 0.3) is 5.56 Å². The normalized spacial score (nSPS) is 13.4. The molecular formula is C19H17ClN4O4. The molecule has 2 aromatic heterocycles. The van der Waals surface area contributed by atoms with Crippen LogP contribution in [0.15, 0.2) is 38.4 Å². The highest BCUT2D eigenvalue weighted by Gasteiger charge is 2.26. The molecular weight excluding hydrogens is 384 g/mol. The first kappa shape index (κ1) is 18.4. The first-order valence-electron chi connectivity index (χ1n) is 8.91. The molecule has 1 aliphatic heterocycles. The molecule has 0 saturated carbocycles. The van der Waals surface area contributed by atoms with E-state index in [4.69, 9.17) is 16.1 Å². The van der Waals surface area contributed by atoms with Gasteiger partial charge in [-0.25, -0.2) is 4.79 Å². The summed E-state index contributed by atoms with van der Waals surface area (Å²) in [5.41, 5.74) is 0.111. The van der Waals surface area contributed by atoms with Crippen LogP contribution < -0.4 is 11.2 Å². The van der Waals surface area contributed by atoms with E-state index in [0.717, 1.165) is 17.4 Å². The smallest absolute Gasteiger partial charge is 0.331 e. The molecule has 0 aliphatic carbocycles. The summed E-state index contributed by atoms with van der Waals surface area (Å²) in [5.74, 6) is 0.0993. The Hall–Kier alpha value is -3.00. The van der Waals surface area contributed by atoms with Gasteiger partial charge in [0.05, 0.1) is 6.54 Å². The lowest BCUT2D eigenvalue weighted by atomic mass is 10.0. The molecule has 3 heterocycles. The molecule has 0 spiro atoms. The van der Waals surface area contributed by atoms with Crippen molar-refractivity contribution in [2.75, 3.05) is 0 Å². The number of benzene rings is 1. The van der Waals surface area contributed by atoms with Gasteiger partial charge in [0.15, 0.2) is 5.78 Å². The van der Waals surface area contributed by atoms with Gasteiger partial charge in [-0.1, -0.05) is 16.8 Å². The third kappa shape index (κ3) is 3.20. The Kier molecular flexibility index (Phi) is 4.72. The maximum absolute atomic E-state index is 13.1. The van der Waals surface area contributed by atoms with Gasteiger partial charge in [-0.3, -0.25) is 18.7 Å². The van der Waals surface area contributed by atoms with Gasteiger partial charge in [0.1, 0.15) is 5.56 Å². The van der Waals surface area contributed by atoms with Crippen LogP contribution in [0.4, 0.5) is 0 Å². The molecule has 1 aromatic carbocycles. The van der Waals surface area contributed by atoms with Crippen molar-refractivity contribution in [1.82, 2.24) is 19.3 Å². The SMILES string of the molecule is Cc1nc(-c2c3n(c(=O)n(CC(=O)c4ccc(Cl)cc4)c2=O)CCCC3)no1. The molecule has 4 rings (SSSR count). The monoisotopic (exact) mass is 400 g/mol. The second kappa shape index (κ2) is 7.20. The van der Waals surface area contributed by atoms with E-state index < -0.39 is 11.2 Å². The topological polar surface area (TPSA) is 100.0 Å². The minimum absolute atomic E-state index is 0.140. The fraction of sp³-hybridized carbons (Fsp3) is 0.316. The summed E-state index contributed by atoms with van der Waals surface area (Å²) in [6.07, 6.45) is 2.25. The molecule has 8 nitrogen and oxygen atoms in total.